The highest BCUT2D eigenvalue weighted by atomic mass is 16.7. The molecule has 0 aromatic heterocycles. The number of ether oxygens (including phenoxy) is 3. The van der Waals surface area contributed by atoms with Crippen LogP contribution < -0.4 is 20.1 Å². The highest BCUT2D eigenvalue weighted by Crippen LogP contribution is 2.41. The van der Waals surface area contributed by atoms with E-state index >= 15 is 0 Å². The quantitative estimate of drug-likeness (QED) is 0.526. The highest BCUT2D eigenvalue weighted by Gasteiger charge is 2.35. The Hall–Kier alpha value is -1.99. The van der Waals surface area contributed by atoms with Gasteiger partial charge in [0.05, 0.1) is 6.54 Å². The van der Waals surface area contributed by atoms with E-state index in [0.717, 1.165) is 69.7 Å². The topological polar surface area (TPSA) is 67.4 Å². The Morgan fingerprint density at radius 1 is 1.07 bits per heavy atom. The number of aliphatic imine (C=N–C) groups is 1. The maximum Gasteiger partial charge on any atom is 0.231 e. The third kappa shape index (κ3) is 5.19. The van der Waals surface area contributed by atoms with Crippen LogP contribution in [0.4, 0.5) is 0 Å². The van der Waals surface area contributed by atoms with Gasteiger partial charge >= 0.3 is 0 Å². The summed E-state index contributed by atoms with van der Waals surface area (Å²) in [6.45, 7) is 9.99. The Morgan fingerprint density at radius 3 is 2.67 bits per heavy atom. The number of likely N-dealkylation sites (tertiary alicyclic amines) is 1. The summed E-state index contributed by atoms with van der Waals surface area (Å²) in [4.78, 5) is 7.56. The van der Waals surface area contributed by atoms with Crippen LogP contribution in [0.3, 0.4) is 0 Å². The SMILES string of the molecule is CCNC(=NCC1(c2ccc3c(c2)OCO3)CCOCC1)NCCN1CCCCC1. The summed E-state index contributed by atoms with van der Waals surface area (Å²) >= 11 is 0. The third-order valence-corrected chi connectivity index (χ3v) is 6.49. The molecule has 3 heterocycles. The van der Waals surface area contributed by atoms with Crippen LogP contribution in [0.5, 0.6) is 11.5 Å². The zero-order chi connectivity index (χ0) is 20.7. The van der Waals surface area contributed by atoms with Gasteiger partial charge in [0.2, 0.25) is 6.79 Å². The minimum atomic E-state index is -0.0333. The van der Waals surface area contributed by atoms with Crippen molar-refractivity contribution < 1.29 is 14.2 Å². The van der Waals surface area contributed by atoms with Crippen molar-refractivity contribution in [2.75, 3.05) is 59.3 Å². The summed E-state index contributed by atoms with van der Waals surface area (Å²) in [5.41, 5.74) is 1.23. The summed E-state index contributed by atoms with van der Waals surface area (Å²) in [7, 11) is 0. The van der Waals surface area contributed by atoms with Crippen molar-refractivity contribution in [3.63, 3.8) is 0 Å². The van der Waals surface area contributed by atoms with Crippen LogP contribution in [-0.4, -0.2) is 70.1 Å². The lowest BCUT2D eigenvalue weighted by molar-refractivity contribution is 0.0530. The van der Waals surface area contributed by atoms with Crippen LogP contribution in [0, 0.1) is 0 Å². The zero-order valence-electron chi connectivity index (χ0n) is 18.3. The van der Waals surface area contributed by atoms with Gasteiger partial charge in [-0.25, -0.2) is 0 Å². The first kappa shape index (κ1) is 21.2. The average Bonchev–Trinajstić information content (AvgIpc) is 3.27. The van der Waals surface area contributed by atoms with E-state index in [2.05, 4.69) is 34.6 Å². The first-order valence-electron chi connectivity index (χ1n) is 11.5. The van der Waals surface area contributed by atoms with Crippen molar-refractivity contribution >= 4 is 5.96 Å². The fourth-order valence-corrected chi connectivity index (χ4v) is 4.61. The van der Waals surface area contributed by atoms with Gasteiger partial charge in [0.15, 0.2) is 17.5 Å². The molecule has 0 saturated carbocycles. The number of hydrogen-bond acceptors (Lipinski definition) is 5. The van der Waals surface area contributed by atoms with Gasteiger partial charge in [-0.3, -0.25) is 4.99 Å². The van der Waals surface area contributed by atoms with Gasteiger partial charge in [-0.2, -0.15) is 0 Å². The Balaban J connectivity index is 1.43. The van der Waals surface area contributed by atoms with Crippen molar-refractivity contribution in [1.82, 2.24) is 15.5 Å². The molecule has 3 aliphatic rings. The van der Waals surface area contributed by atoms with Crippen molar-refractivity contribution in [3.05, 3.63) is 23.8 Å². The largest absolute Gasteiger partial charge is 0.454 e. The molecular formula is C23H36N4O3. The van der Waals surface area contributed by atoms with Crippen molar-refractivity contribution in [3.8, 4) is 11.5 Å². The molecular weight excluding hydrogens is 380 g/mol. The molecule has 0 radical (unpaired) electrons. The van der Waals surface area contributed by atoms with E-state index in [9.17, 15) is 0 Å². The van der Waals surface area contributed by atoms with Gasteiger partial charge in [0.1, 0.15) is 0 Å². The fraction of sp³-hybridized carbons (Fsp3) is 0.696. The number of piperidine rings is 1. The van der Waals surface area contributed by atoms with Gasteiger partial charge in [0.25, 0.3) is 0 Å². The van der Waals surface area contributed by atoms with Crippen LogP contribution in [0.25, 0.3) is 0 Å². The molecule has 3 aliphatic heterocycles. The van der Waals surface area contributed by atoms with Crippen molar-refractivity contribution in [2.24, 2.45) is 4.99 Å². The molecule has 166 valence electrons. The Labute approximate surface area is 180 Å². The molecule has 0 bridgehead atoms. The summed E-state index contributed by atoms with van der Waals surface area (Å²) in [6.07, 6.45) is 5.95. The molecule has 0 aliphatic carbocycles. The lowest BCUT2D eigenvalue weighted by atomic mass is 9.74. The smallest absolute Gasteiger partial charge is 0.231 e. The van der Waals surface area contributed by atoms with E-state index in [-0.39, 0.29) is 5.41 Å². The first-order valence-corrected chi connectivity index (χ1v) is 11.5. The normalized spacial score (nSPS) is 21.4. The molecule has 7 heteroatoms. The van der Waals surface area contributed by atoms with Gasteiger partial charge in [-0.15, -0.1) is 0 Å². The fourth-order valence-electron chi connectivity index (χ4n) is 4.61. The second-order valence-corrected chi connectivity index (χ2v) is 8.48. The lowest BCUT2D eigenvalue weighted by Crippen LogP contribution is -2.44. The second kappa shape index (κ2) is 10.4. The minimum Gasteiger partial charge on any atom is -0.454 e. The number of guanidine groups is 1. The number of rotatable bonds is 7. The monoisotopic (exact) mass is 416 g/mol. The third-order valence-electron chi connectivity index (χ3n) is 6.49. The van der Waals surface area contributed by atoms with E-state index in [1.807, 2.05) is 6.07 Å². The van der Waals surface area contributed by atoms with Gasteiger partial charge in [0, 0.05) is 38.3 Å². The van der Waals surface area contributed by atoms with Crippen LogP contribution in [0.2, 0.25) is 0 Å². The molecule has 30 heavy (non-hydrogen) atoms. The van der Waals surface area contributed by atoms with Crippen molar-refractivity contribution in [1.29, 1.82) is 0 Å². The summed E-state index contributed by atoms with van der Waals surface area (Å²) in [5, 5.41) is 6.95. The van der Waals surface area contributed by atoms with Crippen LogP contribution in [0.15, 0.2) is 23.2 Å². The Morgan fingerprint density at radius 2 is 1.87 bits per heavy atom. The predicted octanol–water partition coefficient (Wildman–Crippen LogP) is 2.50. The molecule has 7 nitrogen and oxygen atoms in total. The maximum atomic E-state index is 5.68. The second-order valence-electron chi connectivity index (χ2n) is 8.48. The predicted molar refractivity (Wildman–Crippen MR) is 119 cm³/mol. The molecule has 0 spiro atoms. The summed E-state index contributed by atoms with van der Waals surface area (Å²) in [5.74, 6) is 2.58. The van der Waals surface area contributed by atoms with E-state index in [1.165, 1.54) is 37.9 Å². The summed E-state index contributed by atoms with van der Waals surface area (Å²) < 4.78 is 16.8. The standard InChI is InChI=1S/C23H36N4O3/c1-2-24-22(25-10-13-27-11-4-3-5-12-27)26-17-23(8-14-28-15-9-23)19-6-7-20-21(16-19)30-18-29-20/h6-7,16H,2-5,8-15,17-18H2,1H3,(H2,24,25,26). The molecule has 1 aromatic carbocycles. The van der Waals surface area contributed by atoms with E-state index < -0.39 is 0 Å². The molecule has 1 aromatic rings. The maximum absolute atomic E-state index is 5.68. The van der Waals surface area contributed by atoms with E-state index in [4.69, 9.17) is 19.2 Å². The highest BCUT2D eigenvalue weighted by molar-refractivity contribution is 5.79. The van der Waals surface area contributed by atoms with Gasteiger partial charge < -0.3 is 29.7 Å². The van der Waals surface area contributed by atoms with Crippen LogP contribution in [-0.2, 0) is 10.2 Å². The van der Waals surface area contributed by atoms with E-state index in [1.54, 1.807) is 0 Å². The molecule has 2 N–H and O–H groups in total. The molecule has 0 amide bonds. The minimum absolute atomic E-state index is 0.0333. The average molecular weight is 417 g/mol. The lowest BCUT2D eigenvalue weighted by Gasteiger charge is -2.36. The molecule has 4 rings (SSSR count). The molecule has 2 saturated heterocycles. The molecule has 2 fully saturated rings. The van der Waals surface area contributed by atoms with Gasteiger partial charge in [-0.05, 0) is 63.4 Å². The van der Waals surface area contributed by atoms with E-state index in [0.29, 0.717) is 6.79 Å². The number of hydrogen-bond donors (Lipinski definition) is 2. The summed E-state index contributed by atoms with van der Waals surface area (Å²) in [6, 6.07) is 6.34. The molecule has 0 atom stereocenters. The van der Waals surface area contributed by atoms with Crippen LogP contribution >= 0.6 is 0 Å². The van der Waals surface area contributed by atoms with Crippen molar-refractivity contribution in [2.45, 2.75) is 44.4 Å². The number of nitrogens with one attached hydrogen (secondary N) is 2. The Bertz CT molecular complexity index is 712. The zero-order valence-corrected chi connectivity index (χ0v) is 18.3. The number of benzene rings is 1. The van der Waals surface area contributed by atoms with Gasteiger partial charge in [-0.1, -0.05) is 12.5 Å². The van der Waals surface area contributed by atoms with Crippen LogP contribution in [0.1, 0.15) is 44.6 Å². The molecule has 0 unspecified atom stereocenters. The first-order chi connectivity index (χ1) is 14.8. The number of nitrogens with zero attached hydrogens (tertiary/aromatic N) is 2. The number of fused-ring (bicyclic) bond motifs is 1. The Kier molecular flexibility index (Phi) is 7.33.